The number of hydrogen-bond acceptors (Lipinski definition) is 2. The van der Waals surface area contributed by atoms with Gasteiger partial charge >= 0.3 is 0 Å². The molecule has 0 bridgehead atoms. The number of nitrogens with zero attached hydrogens (tertiary/aromatic N) is 1. The predicted octanol–water partition coefficient (Wildman–Crippen LogP) is 2.60. The maximum absolute atomic E-state index is 12.4. The highest BCUT2D eigenvalue weighted by Crippen LogP contribution is 2.20. The second-order valence-corrected chi connectivity index (χ2v) is 5.76. The van der Waals surface area contributed by atoms with Crippen molar-refractivity contribution in [3.8, 4) is 0 Å². The minimum atomic E-state index is 0.145. The fourth-order valence-corrected chi connectivity index (χ4v) is 2.99. The molecular formula is C17H22N2O2. The van der Waals surface area contributed by atoms with Crippen molar-refractivity contribution in [1.29, 1.82) is 0 Å². The first-order valence-electron chi connectivity index (χ1n) is 7.63. The lowest BCUT2D eigenvalue weighted by Gasteiger charge is -2.26. The van der Waals surface area contributed by atoms with Gasteiger partial charge in [0.05, 0.1) is 0 Å². The number of carbonyl (C=O) groups is 1. The van der Waals surface area contributed by atoms with E-state index in [1.54, 1.807) is 0 Å². The van der Waals surface area contributed by atoms with E-state index >= 15 is 0 Å². The Morgan fingerprint density at radius 2 is 2.10 bits per heavy atom. The summed E-state index contributed by atoms with van der Waals surface area (Å²) < 4.78 is 5.32. The number of carbonyl (C=O) groups excluding carboxylic acids is 1. The van der Waals surface area contributed by atoms with Gasteiger partial charge in [0, 0.05) is 49.8 Å². The number of nitrogens with one attached hydrogen (secondary N) is 1. The molecule has 1 aliphatic heterocycles. The van der Waals surface area contributed by atoms with Gasteiger partial charge in [-0.3, -0.25) is 4.79 Å². The van der Waals surface area contributed by atoms with Crippen LogP contribution in [0.2, 0.25) is 0 Å². The van der Waals surface area contributed by atoms with Crippen molar-refractivity contribution in [3.05, 3.63) is 36.0 Å². The molecule has 0 saturated carbocycles. The van der Waals surface area contributed by atoms with Crippen molar-refractivity contribution in [2.75, 3.05) is 26.8 Å². The quantitative estimate of drug-likeness (QED) is 0.939. The first-order valence-corrected chi connectivity index (χ1v) is 7.63. The highest BCUT2D eigenvalue weighted by Gasteiger charge is 2.24. The third kappa shape index (κ3) is 3.10. The number of aromatic nitrogens is 1. The van der Waals surface area contributed by atoms with E-state index in [9.17, 15) is 4.79 Å². The summed E-state index contributed by atoms with van der Waals surface area (Å²) in [6.07, 6.45) is 4.65. The Morgan fingerprint density at radius 1 is 1.33 bits per heavy atom. The van der Waals surface area contributed by atoms with Gasteiger partial charge in [-0.05, 0) is 30.9 Å². The molecule has 1 aromatic heterocycles. The van der Waals surface area contributed by atoms with Crippen LogP contribution in [0.5, 0.6) is 0 Å². The average Bonchev–Trinajstić information content (AvgIpc) is 2.96. The minimum Gasteiger partial charge on any atom is -0.381 e. The van der Waals surface area contributed by atoms with Crippen molar-refractivity contribution < 1.29 is 9.53 Å². The molecule has 4 nitrogen and oxygen atoms in total. The second-order valence-electron chi connectivity index (χ2n) is 5.76. The lowest BCUT2D eigenvalue weighted by Crippen LogP contribution is -2.37. The number of hydrogen-bond donors (Lipinski definition) is 1. The third-order valence-corrected chi connectivity index (χ3v) is 4.34. The van der Waals surface area contributed by atoms with Gasteiger partial charge in [-0.1, -0.05) is 18.2 Å². The Bertz CT molecular complexity index is 614. The summed E-state index contributed by atoms with van der Waals surface area (Å²) in [6.45, 7) is 2.19. The van der Waals surface area contributed by atoms with Crippen molar-refractivity contribution in [3.63, 3.8) is 0 Å². The van der Waals surface area contributed by atoms with Gasteiger partial charge in [0.25, 0.3) is 0 Å². The summed E-state index contributed by atoms with van der Waals surface area (Å²) in [4.78, 5) is 17.5. The molecule has 2 heterocycles. The smallest absolute Gasteiger partial charge is 0.225 e. The highest BCUT2D eigenvalue weighted by molar-refractivity contribution is 5.83. The number of benzene rings is 1. The molecule has 0 aliphatic carbocycles. The van der Waals surface area contributed by atoms with E-state index in [0.29, 0.717) is 13.2 Å². The Labute approximate surface area is 125 Å². The van der Waals surface area contributed by atoms with Crippen LogP contribution in [0.1, 0.15) is 18.4 Å². The van der Waals surface area contributed by atoms with Gasteiger partial charge < -0.3 is 14.6 Å². The molecule has 112 valence electrons. The molecule has 2 aromatic rings. The van der Waals surface area contributed by atoms with Gasteiger partial charge in [0.2, 0.25) is 5.91 Å². The standard InChI is InChI=1S/C17H22N2O2/c1-19(17(20)13-7-10-21-11-8-13)9-6-14-12-18-16-5-3-2-4-15(14)16/h2-5,12-13,18H,6-11H2,1H3. The molecule has 1 amide bonds. The van der Waals surface area contributed by atoms with Gasteiger partial charge in [0.1, 0.15) is 0 Å². The fourth-order valence-electron chi connectivity index (χ4n) is 2.99. The number of likely N-dealkylation sites (N-methyl/N-ethyl adjacent to an activating group) is 1. The Morgan fingerprint density at radius 3 is 2.90 bits per heavy atom. The number of rotatable bonds is 4. The lowest BCUT2D eigenvalue weighted by atomic mass is 9.98. The summed E-state index contributed by atoms with van der Waals surface area (Å²) in [5.74, 6) is 0.407. The van der Waals surface area contributed by atoms with Crippen LogP contribution in [0.15, 0.2) is 30.5 Å². The molecule has 1 N–H and O–H groups in total. The number of para-hydroxylation sites is 1. The summed E-state index contributed by atoms with van der Waals surface area (Å²) in [5, 5.41) is 1.25. The van der Waals surface area contributed by atoms with Crippen molar-refractivity contribution in [1.82, 2.24) is 9.88 Å². The zero-order valence-corrected chi connectivity index (χ0v) is 12.5. The molecular weight excluding hydrogens is 264 g/mol. The van der Waals surface area contributed by atoms with Gasteiger partial charge in [-0.25, -0.2) is 0 Å². The van der Waals surface area contributed by atoms with Crippen LogP contribution in [-0.4, -0.2) is 42.6 Å². The molecule has 0 atom stereocenters. The Kier molecular flexibility index (Phi) is 4.25. The largest absolute Gasteiger partial charge is 0.381 e. The molecule has 1 aromatic carbocycles. The topological polar surface area (TPSA) is 45.3 Å². The molecule has 1 fully saturated rings. The Balaban J connectivity index is 1.60. The van der Waals surface area contributed by atoms with E-state index in [1.165, 1.54) is 10.9 Å². The number of ether oxygens (including phenoxy) is 1. The van der Waals surface area contributed by atoms with Crippen LogP contribution >= 0.6 is 0 Å². The van der Waals surface area contributed by atoms with Crippen molar-refractivity contribution >= 4 is 16.8 Å². The fraction of sp³-hybridized carbons (Fsp3) is 0.471. The predicted molar refractivity (Wildman–Crippen MR) is 83.2 cm³/mol. The minimum absolute atomic E-state index is 0.145. The molecule has 0 unspecified atom stereocenters. The van der Waals surface area contributed by atoms with Gasteiger partial charge in [-0.15, -0.1) is 0 Å². The molecule has 1 saturated heterocycles. The van der Waals surface area contributed by atoms with E-state index in [1.807, 2.05) is 18.0 Å². The van der Waals surface area contributed by atoms with E-state index < -0.39 is 0 Å². The normalized spacial score (nSPS) is 16.2. The summed E-state index contributed by atoms with van der Waals surface area (Å²) in [7, 11) is 1.91. The third-order valence-electron chi connectivity index (χ3n) is 4.34. The number of amides is 1. The first kappa shape index (κ1) is 14.1. The molecule has 1 aliphatic rings. The molecule has 0 radical (unpaired) electrons. The van der Waals surface area contributed by atoms with E-state index in [2.05, 4.69) is 29.4 Å². The zero-order chi connectivity index (χ0) is 14.7. The number of aromatic amines is 1. The summed E-state index contributed by atoms with van der Waals surface area (Å²) in [5.41, 5.74) is 2.43. The van der Waals surface area contributed by atoms with Crippen LogP contribution in [-0.2, 0) is 16.0 Å². The first-order chi connectivity index (χ1) is 10.3. The van der Waals surface area contributed by atoms with E-state index in [0.717, 1.165) is 31.3 Å². The molecule has 21 heavy (non-hydrogen) atoms. The van der Waals surface area contributed by atoms with E-state index in [4.69, 9.17) is 4.74 Å². The average molecular weight is 286 g/mol. The lowest BCUT2D eigenvalue weighted by molar-refractivity contribution is -0.137. The van der Waals surface area contributed by atoms with Crippen LogP contribution in [0.4, 0.5) is 0 Å². The van der Waals surface area contributed by atoms with Gasteiger partial charge in [0.15, 0.2) is 0 Å². The van der Waals surface area contributed by atoms with Crippen LogP contribution in [0.3, 0.4) is 0 Å². The Hall–Kier alpha value is -1.81. The molecule has 4 heteroatoms. The van der Waals surface area contributed by atoms with Crippen molar-refractivity contribution in [2.24, 2.45) is 5.92 Å². The maximum Gasteiger partial charge on any atom is 0.225 e. The van der Waals surface area contributed by atoms with Crippen LogP contribution in [0.25, 0.3) is 10.9 Å². The zero-order valence-electron chi connectivity index (χ0n) is 12.5. The second kappa shape index (κ2) is 6.31. The van der Waals surface area contributed by atoms with E-state index in [-0.39, 0.29) is 11.8 Å². The summed E-state index contributed by atoms with van der Waals surface area (Å²) in [6, 6.07) is 8.29. The van der Waals surface area contributed by atoms with Crippen LogP contribution < -0.4 is 0 Å². The highest BCUT2D eigenvalue weighted by atomic mass is 16.5. The monoisotopic (exact) mass is 286 g/mol. The maximum atomic E-state index is 12.4. The van der Waals surface area contributed by atoms with Crippen molar-refractivity contribution in [2.45, 2.75) is 19.3 Å². The van der Waals surface area contributed by atoms with Crippen LogP contribution in [0, 0.1) is 5.92 Å². The SMILES string of the molecule is CN(CCc1c[nH]c2ccccc12)C(=O)C1CCOCC1. The number of H-pyrrole nitrogens is 1. The molecule has 3 rings (SSSR count). The summed E-state index contributed by atoms with van der Waals surface area (Å²) >= 11 is 0. The van der Waals surface area contributed by atoms with Gasteiger partial charge in [-0.2, -0.15) is 0 Å². The number of fused-ring (bicyclic) bond motifs is 1. The molecule has 0 spiro atoms.